The van der Waals surface area contributed by atoms with E-state index < -0.39 is 60.2 Å². The summed E-state index contributed by atoms with van der Waals surface area (Å²) in [5.74, 6) is -2.12. The van der Waals surface area contributed by atoms with Crippen molar-refractivity contribution < 1.29 is 58.8 Å². The number of anilines is 1. The SMILES string of the molecule is COC1(COP(=O)(OC)OP(=O)(OC)OP(=O)(OC)OC)CC(F)C(n2cnc3c(=O)[nH]c(N)nc32)O1. The molecule has 1 aliphatic heterocycles. The quantitative estimate of drug-likeness (QED) is 0.317. The normalized spacial score (nSPS) is 25.8. The molecule has 3 N–H and O–H groups in total. The molecule has 0 aliphatic carbocycles. The predicted molar refractivity (Wildman–Crippen MR) is 121 cm³/mol. The fraction of sp³-hybridized carbons (Fsp3) is 0.667. The van der Waals surface area contributed by atoms with E-state index in [1.807, 2.05) is 0 Å². The summed E-state index contributed by atoms with van der Waals surface area (Å²) in [5, 5.41) is 0. The minimum absolute atomic E-state index is 0.0634. The van der Waals surface area contributed by atoms with Gasteiger partial charge in [0.25, 0.3) is 5.56 Å². The molecule has 1 fully saturated rings. The Balaban J connectivity index is 1.81. The van der Waals surface area contributed by atoms with Crippen LogP contribution in [-0.4, -0.2) is 73.6 Å². The molecule has 3 rings (SSSR count). The van der Waals surface area contributed by atoms with Gasteiger partial charge in [-0.2, -0.15) is 13.6 Å². The number of methoxy groups -OCH3 is 1. The number of aromatic nitrogens is 4. The largest absolute Gasteiger partial charge is 0.492 e. The number of phosphoric acid groups is 3. The average molecular weight is 595 g/mol. The number of halogens is 1. The first-order valence-electron chi connectivity index (χ1n) is 9.99. The molecular formula is C15H25FN5O13P3. The first-order chi connectivity index (χ1) is 17.3. The maximum Gasteiger partial charge on any atom is 0.492 e. The average Bonchev–Trinajstić information content (AvgIpc) is 3.43. The topological polar surface area (TPSA) is 224 Å². The molecule has 210 valence electrons. The van der Waals surface area contributed by atoms with Gasteiger partial charge in [-0.15, -0.1) is 0 Å². The van der Waals surface area contributed by atoms with Gasteiger partial charge in [-0.25, -0.2) is 23.1 Å². The molecule has 18 nitrogen and oxygen atoms in total. The van der Waals surface area contributed by atoms with Gasteiger partial charge in [0.1, 0.15) is 6.61 Å². The molecule has 0 radical (unpaired) electrons. The van der Waals surface area contributed by atoms with E-state index in [-0.39, 0.29) is 17.1 Å². The predicted octanol–water partition coefficient (Wildman–Crippen LogP) is 2.26. The van der Waals surface area contributed by atoms with Crippen molar-refractivity contribution in [2.45, 2.75) is 24.6 Å². The summed E-state index contributed by atoms with van der Waals surface area (Å²) in [6, 6.07) is 0. The monoisotopic (exact) mass is 595 g/mol. The minimum Gasteiger partial charge on any atom is -0.369 e. The highest BCUT2D eigenvalue weighted by Gasteiger charge is 2.52. The molecule has 1 saturated heterocycles. The van der Waals surface area contributed by atoms with E-state index in [1.165, 1.54) is 0 Å². The number of phosphoric ester groups is 2. The van der Waals surface area contributed by atoms with Crippen LogP contribution in [0.25, 0.3) is 11.2 Å². The molecule has 0 spiro atoms. The Morgan fingerprint density at radius 3 is 2.27 bits per heavy atom. The van der Waals surface area contributed by atoms with Crippen LogP contribution in [0, 0.1) is 0 Å². The first kappa shape index (κ1) is 30.0. The Labute approximate surface area is 208 Å². The van der Waals surface area contributed by atoms with E-state index in [2.05, 4.69) is 32.8 Å². The molecule has 0 amide bonds. The van der Waals surface area contributed by atoms with E-state index in [9.17, 15) is 18.5 Å². The lowest BCUT2D eigenvalue weighted by molar-refractivity contribution is -0.240. The number of alkyl halides is 1. The highest BCUT2D eigenvalue weighted by atomic mass is 31.3. The molecule has 0 saturated carbocycles. The van der Waals surface area contributed by atoms with Crippen molar-refractivity contribution in [2.24, 2.45) is 0 Å². The molecule has 1 aliphatic rings. The van der Waals surface area contributed by atoms with Gasteiger partial charge in [0.05, 0.1) is 6.33 Å². The molecule has 2 aromatic rings. The van der Waals surface area contributed by atoms with Crippen LogP contribution < -0.4 is 11.3 Å². The molecule has 2 aromatic heterocycles. The maximum absolute atomic E-state index is 15.1. The molecule has 5 atom stereocenters. The van der Waals surface area contributed by atoms with Crippen LogP contribution in [0.5, 0.6) is 0 Å². The summed E-state index contributed by atoms with van der Waals surface area (Å²) < 4.78 is 98.1. The number of nitrogens with zero attached hydrogens (tertiary/aromatic N) is 3. The van der Waals surface area contributed by atoms with Crippen molar-refractivity contribution in [3.63, 3.8) is 0 Å². The number of ether oxygens (including phenoxy) is 2. The minimum atomic E-state index is -4.93. The van der Waals surface area contributed by atoms with Crippen LogP contribution in [0.2, 0.25) is 0 Å². The number of fused-ring (bicyclic) bond motifs is 1. The van der Waals surface area contributed by atoms with Gasteiger partial charge < -0.3 is 15.2 Å². The first-order valence-corrected chi connectivity index (χ1v) is 14.4. The van der Waals surface area contributed by atoms with Crippen molar-refractivity contribution in [1.29, 1.82) is 0 Å². The third-order valence-electron chi connectivity index (χ3n) is 4.98. The van der Waals surface area contributed by atoms with Gasteiger partial charge in [0, 0.05) is 42.0 Å². The summed E-state index contributed by atoms with van der Waals surface area (Å²) in [4.78, 5) is 22.2. The molecule has 22 heteroatoms. The Morgan fingerprint density at radius 2 is 1.70 bits per heavy atom. The van der Waals surface area contributed by atoms with E-state index >= 15 is 4.39 Å². The lowest BCUT2D eigenvalue weighted by atomic mass is 10.1. The van der Waals surface area contributed by atoms with Gasteiger partial charge in [0.2, 0.25) is 5.95 Å². The van der Waals surface area contributed by atoms with Gasteiger partial charge in [0.15, 0.2) is 29.4 Å². The fourth-order valence-corrected chi connectivity index (χ4v) is 7.62. The number of rotatable bonds is 13. The Hall–Kier alpha value is -1.59. The van der Waals surface area contributed by atoms with Crippen LogP contribution in [0.4, 0.5) is 10.3 Å². The number of hydrogen-bond donors (Lipinski definition) is 2. The fourth-order valence-electron chi connectivity index (χ4n) is 3.14. The summed E-state index contributed by atoms with van der Waals surface area (Å²) in [6.07, 6.45) is -2.55. The van der Waals surface area contributed by atoms with Crippen LogP contribution in [0.15, 0.2) is 11.1 Å². The summed E-state index contributed by atoms with van der Waals surface area (Å²) >= 11 is 0. The Kier molecular flexibility index (Phi) is 9.12. The number of hydrogen-bond acceptors (Lipinski definition) is 16. The lowest BCUT2D eigenvalue weighted by Crippen LogP contribution is -2.36. The van der Waals surface area contributed by atoms with Crippen LogP contribution in [-0.2, 0) is 54.4 Å². The summed E-state index contributed by atoms with van der Waals surface area (Å²) in [7, 11) is -9.51. The highest BCUT2D eigenvalue weighted by Crippen LogP contribution is 2.72. The second-order valence-corrected chi connectivity index (χ2v) is 12.8. The van der Waals surface area contributed by atoms with Crippen molar-refractivity contribution in [3.05, 3.63) is 16.7 Å². The van der Waals surface area contributed by atoms with Crippen molar-refractivity contribution in [1.82, 2.24) is 19.5 Å². The Bertz CT molecular complexity index is 1310. The number of aromatic amines is 1. The molecule has 0 aromatic carbocycles. The second kappa shape index (κ2) is 11.3. The third-order valence-corrected chi connectivity index (χ3v) is 10.4. The standard InChI is InChI=1S/C15H25FN5O13P3/c1-26-15(7-31-36(24,29-4)34-37(25,30-5)33-35(23,27-2)28-3)6-9(16)13(32-15)21-8-18-10-11(21)19-14(17)20-12(10)22/h8-9,13H,6-7H2,1-5H3,(H3,17,19,20,22). The summed E-state index contributed by atoms with van der Waals surface area (Å²) in [6.45, 7) is -0.801. The second-order valence-electron chi connectivity index (χ2n) is 7.13. The highest BCUT2D eigenvalue weighted by molar-refractivity contribution is 7.67. The summed E-state index contributed by atoms with van der Waals surface area (Å²) in [5.41, 5.74) is 4.74. The number of H-pyrrole nitrogens is 1. The van der Waals surface area contributed by atoms with Crippen molar-refractivity contribution in [2.75, 3.05) is 47.9 Å². The molecule has 37 heavy (non-hydrogen) atoms. The third kappa shape index (κ3) is 6.36. The zero-order valence-electron chi connectivity index (χ0n) is 20.1. The van der Waals surface area contributed by atoms with E-state index in [4.69, 9.17) is 28.6 Å². The molecule has 5 unspecified atom stereocenters. The van der Waals surface area contributed by atoms with E-state index in [0.717, 1.165) is 46.4 Å². The van der Waals surface area contributed by atoms with Crippen LogP contribution in [0.1, 0.15) is 12.6 Å². The number of nitrogen functional groups attached to an aromatic ring is 1. The van der Waals surface area contributed by atoms with E-state index in [1.54, 1.807) is 0 Å². The van der Waals surface area contributed by atoms with Gasteiger partial charge in [-0.05, 0) is 0 Å². The number of nitrogens with one attached hydrogen (secondary N) is 1. The molecule has 3 heterocycles. The van der Waals surface area contributed by atoms with Crippen LogP contribution >= 0.6 is 23.5 Å². The van der Waals surface area contributed by atoms with E-state index in [0.29, 0.717) is 0 Å². The zero-order chi connectivity index (χ0) is 27.6. The van der Waals surface area contributed by atoms with Crippen LogP contribution in [0.3, 0.4) is 0 Å². The lowest BCUT2D eigenvalue weighted by Gasteiger charge is -2.29. The van der Waals surface area contributed by atoms with Gasteiger partial charge in [-0.1, -0.05) is 0 Å². The smallest absolute Gasteiger partial charge is 0.369 e. The molecular weight excluding hydrogens is 570 g/mol. The number of nitrogens with two attached hydrogens (primary N) is 1. The maximum atomic E-state index is 15.1. The van der Waals surface area contributed by atoms with Crippen molar-refractivity contribution in [3.8, 4) is 0 Å². The molecule has 0 bridgehead atoms. The number of imidazole rings is 1. The van der Waals surface area contributed by atoms with Gasteiger partial charge in [-0.3, -0.25) is 37.0 Å². The van der Waals surface area contributed by atoms with Gasteiger partial charge >= 0.3 is 23.5 Å². The zero-order valence-corrected chi connectivity index (χ0v) is 22.8. The van der Waals surface area contributed by atoms with Crippen molar-refractivity contribution >= 4 is 40.6 Å². The Morgan fingerprint density at radius 1 is 1.11 bits per heavy atom.